The molecule has 1 unspecified atom stereocenters. The van der Waals surface area contributed by atoms with Crippen molar-refractivity contribution < 1.29 is 9.47 Å². The van der Waals surface area contributed by atoms with Crippen LogP contribution in [0.5, 0.6) is 0 Å². The van der Waals surface area contributed by atoms with E-state index in [0.29, 0.717) is 0 Å². The van der Waals surface area contributed by atoms with Gasteiger partial charge in [0.05, 0.1) is 5.16 Å². The van der Waals surface area contributed by atoms with Crippen molar-refractivity contribution in [3.8, 4) is 0 Å². The number of methoxy groups -OCH3 is 2. The molecular weight excluding hydrogens is 503 g/mol. The maximum Gasteiger partial charge on any atom is 0.156 e. The van der Waals surface area contributed by atoms with Crippen LogP contribution in [0.4, 0.5) is 0 Å². The minimum absolute atomic E-state index is 0. The average molecular weight is 544 g/mol. The Morgan fingerprint density at radius 1 is 0.588 bits per heavy atom. The Labute approximate surface area is 219 Å². The van der Waals surface area contributed by atoms with E-state index in [1.165, 1.54) is 61.4 Å². The molecule has 0 heterocycles. The third kappa shape index (κ3) is 8.02. The molecule has 0 amide bonds. The summed E-state index contributed by atoms with van der Waals surface area (Å²) in [6.07, 6.45) is 9.81. The smallest absolute Gasteiger partial charge is 0.156 e. The number of hydrogen-bond donors (Lipinski definition) is 0. The van der Waals surface area contributed by atoms with Crippen LogP contribution in [-0.4, -0.2) is 26.7 Å². The van der Waals surface area contributed by atoms with Gasteiger partial charge < -0.3 is 9.47 Å². The molecule has 0 spiro atoms. The van der Waals surface area contributed by atoms with Gasteiger partial charge in [-0.2, -0.15) is 0 Å². The molecule has 0 aliphatic heterocycles. The van der Waals surface area contributed by atoms with E-state index in [2.05, 4.69) is 91.0 Å². The number of hydrogen-bond acceptors (Lipinski definition) is 2. The van der Waals surface area contributed by atoms with E-state index < -0.39 is 0 Å². The lowest BCUT2D eigenvalue weighted by Crippen LogP contribution is -2.24. The highest BCUT2D eigenvalue weighted by Gasteiger charge is 2.35. The standard InChI is InChI=1S/C30H39O2P.BrH/c1-31-29(32-2)24-16-5-3-4-6-17-25-33-30(26-18-10-7-11-19-26,27-20-12-8-13-21-27)28-22-14-9-15-23-28;/h7-15,18-23,29,33H,3-6,16-17,24-25H2,1-2H3;1H. The Morgan fingerprint density at radius 2 is 0.971 bits per heavy atom. The monoisotopic (exact) mass is 542 g/mol. The molecule has 3 rings (SSSR count). The van der Waals surface area contributed by atoms with E-state index in [1.807, 2.05) is 0 Å². The summed E-state index contributed by atoms with van der Waals surface area (Å²) < 4.78 is 10.6. The molecule has 0 radical (unpaired) electrons. The second kappa shape index (κ2) is 16.2. The van der Waals surface area contributed by atoms with Crippen molar-refractivity contribution in [2.45, 2.75) is 56.4 Å². The topological polar surface area (TPSA) is 18.5 Å². The first-order chi connectivity index (χ1) is 16.3. The number of benzene rings is 3. The van der Waals surface area contributed by atoms with E-state index in [0.717, 1.165) is 15.0 Å². The van der Waals surface area contributed by atoms with Crippen molar-refractivity contribution >= 4 is 25.6 Å². The summed E-state index contributed by atoms with van der Waals surface area (Å²) in [6.45, 7) is 0. The van der Waals surface area contributed by atoms with Gasteiger partial charge in [-0.1, -0.05) is 117 Å². The molecule has 0 aliphatic carbocycles. The SMILES string of the molecule is Br.COC(CCCCCCCCPC(c1ccccc1)(c1ccccc1)c1ccccc1)OC. The molecule has 0 aromatic heterocycles. The summed E-state index contributed by atoms with van der Waals surface area (Å²) in [5, 5.41) is -0.0842. The van der Waals surface area contributed by atoms with Crippen LogP contribution in [0.15, 0.2) is 91.0 Å². The molecule has 0 fully saturated rings. The summed E-state index contributed by atoms with van der Waals surface area (Å²) >= 11 is 0. The van der Waals surface area contributed by atoms with E-state index in [4.69, 9.17) is 9.47 Å². The molecule has 4 heteroatoms. The van der Waals surface area contributed by atoms with Crippen molar-refractivity contribution in [1.82, 2.24) is 0 Å². The van der Waals surface area contributed by atoms with Crippen molar-refractivity contribution in [2.24, 2.45) is 0 Å². The Balaban J connectivity index is 0.00000408. The summed E-state index contributed by atoms with van der Waals surface area (Å²) in [6, 6.07) is 33.3. The van der Waals surface area contributed by atoms with Gasteiger partial charge in [-0.05, 0) is 42.1 Å². The Morgan fingerprint density at radius 3 is 1.38 bits per heavy atom. The van der Waals surface area contributed by atoms with E-state index in [1.54, 1.807) is 14.2 Å². The fourth-order valence-electron chi connectivity index (χ4n) is 4.62. The minimum Gasteiger partial charge on any atom is -0.356 e. The lowest BCUT2D eigenvalue weighted by molar-refractivity contribution is -0.107. The lowest BCUT2D eigenvalue weighted by atomic mass is 9.84. The van der Waals surface area contributed by atoms with E-state index in [-0.39, 0.29) is 28.4 Å². The van der Waals surface area contributed by atoms with Crippen LogP contribution in [-0.2, 0) is 14.6 Å². The summed E-state index contributed by atoms with van der Waals surface area (Å²) in [5.41, 5.74) is 4.18. The van der Waals surface area contributed by atoms with Crippen molar-refractivity contribution in [3.05, 3.63) is 108 Å². The Hall–Kier alpha value is -1.51. The van der Waals surface area contributed by atoms with Crippen LogP contribution in [0.2, 0.25) is 0 Å². The first kappa shape index (κ1) is 28.7. The molecule has 0 aliphatic rings. The zero-order valence-corrected chi connectivity index (χ0v) is 23.3. The molecule has 3 aromatic carbocycles. The summed E-state index contributed by atoms with van der Waals surface area (Å²) in [7, 11) is 4.24. The fourth-order valence-corrected chi connectivity index (χ4v) is 6.54. The predicted octanol–water partition coefficient (Wildman–Crippen LogP) is 8.58. The van der Waals surface area contributed by atoms with Crippen LogP contribution in [0, 0.1) is 0 Å². The molecule has 0 N–H and O–H groups in total. The quantitative estimate of drug-likeness (QED) is 0.0827. The largest absolute Gasteiger partial charge is 0.356 e. The maximum atomic E-state index is 5.28. The highest BCUT2D eigenvalue weighted by molar-refractivity contribution is 8.93. The minimum atomic E-state index is -0.0842. The lowest BCUT2D eigenvalue weighted by Gasteiger charge is -2.36. The molecule has 3 aromatic rings. The zero-order chi connectivity index (χ0) is 23.2. The molecule has 34 heavy (non-hydrogen) atoms. The van der Waals surface area contributed by atoms with E-state index >= 15 is 0 Å². The van der Waals surface area contributed by atoms with E-state index in [9.17, 15) is 0 Å². The second-order valence-electron chi connectivity index (χ2n) is 8.59. The van der Waals surface area contributed by atoms with Gasteiger partial charge in [0.2, 0.25) is 0 Å². The number of unbranched alkanes of at least 4 members (excludes halogenated alkanes) is 5. The summed E-state index contributed by atoms with van der Waals surface area (Å²) in [4.78, 5) is 0. The third-order valence-corrected chi connectivity index (χ3v) is 8.40. The average Bonchev–Trinajstić information content (AvgIpc) is 2.89. The van der Waals surface area contributed by atoms with Gasteiger partial charge in [0.25, 0.3) is 0 Å². The normalized spacial score (nSPS) is 11.7. The van der Waals surface area contributed by atoms with Crippen molar-refractivity contribution in [2.75, 3.05) is 20.4 Å². The number of ether oxygens (including phenoxy) is 2. The molecular formula is C30H40BrO2P. The second-order valence-corrected chi connectivity index (χ2v) is 10.2. The van der Waals surface area contributed by atoms with Crippen molar-refractivity contribution in [1.29, 1.82) is 0 Å². The number of rotatable bonds is 15. The third-order valence-electron chi connectivity index (χ3n) is 6.40. The molecule has 2 nitrogen and oxygen atoms in total. The van der Waals surface area contributed by atoms with Gasteiger partial charge >= 0.3 is 0 Å². The van der Waals surface area contributed by atoms with Gasteiger partial charge in [0, 0.05) is 14.2 Å². The van der Waals surface area contributed by atoms with Gasteiger partial charge in [0.1, 0.15) is 0 Å². The van der Waals surface area contributed by atoms with Crippen LogP contribution in [0.3, 0.4) is 0 Å². The Bertz CT molecular complexity index is 789. The van der Waals surface area contributed by atoms with Gasteiger partial charge in [0.15, 0.2) is 6.29 Å². The summed E-state index contributed by atoms with van der Waals surface area (Å²) in [5.74, 6) is 0. The van der Waals surface area contributed by atoms with Crippen molar-refractivity contribution in [3.63, 3.8) is 0 Å². The van der Waals surface area contributed by atoms with Crippen LogP contribution >= 0.6 is 25.6 Å². The number of halogens is 1. The van der Waals surface area contributed by atoms with Gasteiger partial charge in [-0.25, -0.2) is 0 Å². The Kier molecular flexibility index (Phi) is 13.7. The fraction of sp³-hybridized carbons (Fsp3) is 0.400. The molecule has 1 atom stereocenters. The van der Waals surface area contributed by atoms with Gasteiger partial charge in [-0.15, -0.1) is 25.6 Å². The van der Waals surface area contributed by atoms with Crippen LogP contribution < -0.4 is 0 Å². The maximum absolute atomic E-state index is 5.28. The highest BCUT2D eigenvalue weighted by atomic mass is 79.9. The van der Waals surface area contributed by atoms with Crippen LogP contribution in [0.1, 0.15) is 61.6 Å². The van der Waals surface area contributed by atoms with Gasteiger partial charge in [-0.3, -0.25) is 0 Å². The molecule has 0 saturated carbocycles. The first-order valence-electron chi connectivity index (χ1n) is 12.3. The zero-order valence-electron chi connectivity index (χ0n) is 20.6. The predicted molar refractivity (Wildman–Crippen MR) is 153 cm³/mol. The highest BCUT2D eigenvalue weighted by Crippen LogP contribution is 2.52. The molecule has 184 valence electrons. The van der Waals surface area contributed by atoms with Crippen LogP contribution in [0.25, 0.3) is 0 Å². The first-order valence-corrected chi connectivity index (χ1v) is 13.5. The molecule has 0 saturated heterocycles. The molecule has 0 bridgehead atoms.